The molecule has 1 atom stereocenters. The standard InChI is InChI=1S/C16H18N2O3S/c1-9-13(16(20)21-4)10(2)18-14(9)15(19)11(3)22-12-7-5-6-8-17-12/h5-8,11,18H,1-4H3/t11-/m0/s1. The van der Waals surface area contributed by atoms with Gasteiger partial charge in [0.2, 0.25) is 0 Å². The summed E-state index contributed by atoms with van der Waals surface area (Å²) in [6.07, 6.45) is 1.69. The van der Waals surface area contributed by atoms with Crippen LogP contribution in [0.1, 0.15) is 39.0 Å². The average molecular weight is 318 g/mol. The fourth-order valence-electron chi connectivity index (χ4n) is 2.26. The first kappa shape index (κ1) is 16.3. The molecule has 0 aliphatic rings. The van der Waals surface area contributed by atoms with E-state index in [1.165, 1.54) is 18.9 Å². The molecule has 2 rings (SSSR count). The Labute approximate surface area is 133 Å². The van der Waals surface area contributed by atoms with E-state index in [0.717, 1.165) is 5.03 Å². The number of aromatic nitrogens is 2. The normalized spacial score (nSPS) is 12.0. The van der Waals surface area contributed by atoms with Gasteiger partial charge in [0, 0.05) is 11.9 Å². The van der Waals surface area contributed by atoms with Crippen LogP contribution in [0.4, 0.5) is 0 Å². The van der Waals surface area contributed by atoms with Gasteiger partial charge in [0.25, 0.3) is 0 Å². The topological polar surface area (TPSA) is 72.1 Å². The lowest BCUT2D eigenvalue weighted by molar-refractivity contribution is 0.0599. The van der Waals surface area contributed by atoms with E-state index in [0.29, 0.717) is 22.5 Å². The number of nitrogens with one attached hydrogen (secondary N) is 1. The Hall–Kier alpha value is -2.08. The predicted molar refractivity (Wildman–Crippen MR) is 85.5 cm³/mol. The molecule has 1 N–H and O–H groups in total. The van der Waals surface area contributed by atoms with E-state index in [9.17, 15) is 9.59 Å². The lowest BCUT2D eigenvalue weighted by Gasteiger charge is -2.09. The number of methoxy groups -OCH3 is 1. The molecule has 0 saturated heterocycles. The second-order valence-corrected chi connectivity index (χ2v) is 6.27. The Morgan fingerprint density at radius 1 is 1.32 bits per heavy atom. The third-order valence-corrected chi connectivity index (χ3v) is 4.43. The quantitative estimate of drug-likeness (QED) is 0.521. The number of nitrogens with zero attached hydrogens (tertiary/aromatic N) is 1. The van der Waals surface area contributed by atoms with E-state index < -0.39 is 5.97 Å². The number of thioether (sulfide) groups is 1. The largest absolute Gasteiger partial charge is 0.465 e. The van der Waals surface area contributed by atoms with Crippen molar-refractivity contribution in [1.82, 2.24) is 9.97 Å². The zero-order chi connectivity index (χ0) is 16.3. The molecule has 2 aromatic rings. The summed E-state index contributed by atoms with van der Waals surface area (Å²) in [6, 6.07) is 5.57. The van der Waals surface area contributed by atoms with Crippen LogP contribution in [-0.4, -0.2) is 34.1 Å². The number of H-pyrrole nitrogens is 1. The summed E-state index contributed by atoms with van der Waals surface area (Å²) in [6.45, 7) is 5.34. The summed E-state index contributed by atoms with van der Waals surface area (Å²) < 4.78 is 4.76. The van der Waals surface area contributed by atoms with Crippen molar-refractivity contribution in [2.45, 2.75) is 31.0 Å². The van der Waals surface area contributed by atoms with Gasteiger partial charge in [0.1, 0.15) is 0 Å². The van der Waals surface area contributed by atoms with E-state index >= 15 is 0 Å². The number of ether oxygens (including phenoxy) is 1. The summed E-state index contributed by atoms with van der Waals surface area (Å²) in [5, 5.41) is 0.481. The van der Waals surface area contributed by atoms with Crippen LogP contribution in [0.25, 0.3) is 0 Å². The number of carbonyl (C=O) groups is 2. The number of aryl methyl sites for hydroxylation is 1. The summed E-state index contributed by atoms with van der Waals surface area (Å²) in [4.78, 5) is 31.6. The molecule has 2 heterocycles. The molecule has 0 amide bonds. The van der Waals surface area contributed by atoms with Crippen LogP contribution < -0.4 is 0 Å². The maximum atomic E-state index is 12.6. The van der Waals surface area contributed by atoms with Crippen molar-refractivity contribution < 1.29 is 14.3 Å². The van der Waals surface area contributed by atoms with Crippen molar-refractivity contribution in [3.63, 3.8) is 0 Å². The zero-order valence-corrected chi connectivity index (χ0v) is 13.8. The monoisotopic (exact) mass is 318 g/mol. The first-order chi connectivity index (χ1) is 10.5. The van der Waals surface area contributed by atoms with Gasteiger partial charge in [-0.1, -0.05) is 17.8 Å². The molecule has 22 heavy (non-hydrogen) atoms. The summed E-state index contributed by atoms with van der Waals surface area (Å²) >= 11 is 1.39. The van der Waals surface area contributed by atoms with E-state index in [4.69, 9.17) is 4.74 Å². The first-order valence-corrected chi connectivity index (χ1v) is 7.73. The maximum absolute atomic E-state index is 12.6. The highest BCUT2D eigenvalue weighted by atomic mass is 32.2. The molecule has 116 valence electrons. The number of Topliss-reactive ketones (excluding diaryl/α,β-unsaturated/α-hetero) is 1. The molecule has 0 fully saturated rings. The zero-order valence-electron chi connectivity index (χ0n) is 13.0. The lowest BCUT2D eigenvalue weighted by Crippen LogP contribution is -2.15. The molecule has 0 saturated carbocycles. The molecule has 0 bridgehead atoms. The Kier molecular flexibility index (Phi) is 5.03. The maximum Gasteiger partial charge on any atom is 0.339 e. The van der Waals surface area contributed by atoms with Crippen molar-refractivity contribution >= 4 is 23.5 Å². The number of rotatable bonds is 5. The van der Waals surface area contributed by atoms with Crippen LogP contribution in [0.3, 0.4) is 0 Å². The van der Waals surface area contributed by atoms with Gasteiger partial charge < -0.3 is 9.72 Å². The molecule has 0 aliphatic carbocycles. The molecule has 5 nitrogen and oxygen atoms in total. The third-order valence-electron chi connectivity index (χ3n) is 3.38. The molecule has 0 aromatic carbocycles. The highest BCUT2D eigenvalue weighted by molar-refractivity contribution is 8.00. The molecule has 0 spiro atoms. The first-order valence-electron chi connectivity index (χ1n) is 6.85. The van der Waals surface area contributed by atoms with Crippen molar-refractivity contribution in [3.8, 4) is 0 Å². The van der Waals surface area contributed by atoms with Crippen LogP contribution in [0, 0.1) is 13.8 Å². The molecular weight excluding hydrogens is 300 g/mol. The summed E-state index contributed by atoms with van der Waals surface area (Å²) in [5.41, 5.74) is 2.15. The van der Waals surface area contributed by atoms with Crippen LogP contribution >= 0.6 is 11.8 Å². The van der Waals surface area contributed by atoms with Gasteiger partial charge in [-0.05, 0) is 38.5 Å². The average Bonchev–Trinajstić information content (AvgIpc) is 2.81. The smallest absolute Gasteiger partial charge is 0.339 e. The Balaban J connectivity index is 2.24. The third kappa shape index (κ3) is 3.22. The Bertz CT molecular complexity index is 695. The van der Waals surface area contributed by atoms with Crippen molar-refractivity contribution in [2.24, 2.45) is 0 Å². The minimum atomic E-state index is -0.435. The van der Waals surface area contributed by atoms with Crippen LogP contribution in [0.2, 0.25) is 0 Å². The number of esters is 1. The summed E-state index contributed by atoms with van der Waals surface area (Å²) in [7, 11) is 1.33. The Morgan fingerprint density at radius 3 is 2.64 bits per heavy atom. The number of aromatic amines is 1. The van der Waals surface area contributed by atoms with Gasteiger partial charge in [0.15, 0.2) is 5.78 Å². The van der Waals surface area contributed by atoms with Gasteiger partial charge >= 0.3 is 5.97 Å². The van der Waals surface area contributed by atoms with Crippen LogP contribution in [-0.2, 0) is 4.74 Å². The highest BCUT2D eigenvalue weighted by Crippen LogP contribution is 2.26. The van der Waals surface area contributed by atoms with Gasteiger partial charge in [-0.15, -0.1) is 0 Å². The molecule has 0 radical (unpaired) electrons. The van der Waals surface area contributed by atoms with Crippen molar-refractivity contribution in [1.29, 1.82) is 0 Å². The van der Waals surface area contributed by atoms with Crippen molar-refractivity contribution in [3.05, 3.63) is 46.9 Å². The SMILES string of the molecule is COC(=O)c1c(C)[nH]c(C(=O)[C@H](C)Sc2ccccn2)c1C. The van der Waals surface area contributed by atoms with Crippen LogP contribution in [0.5, 0.6) is 0 Å². The van der Waals surface area contributed by atoms with Gasteiger partial charge in [-0.2, -0.15) is 0 Å². The fraction of sp³-hybridized carbons (Fsp3) is 0.312. The van der Waals surface area contributed by atoms with E-state index in [1.54, 1.807) is 20.0 Å². The minimum absolute atomic E-state index is 0.0635. The number of carbonyl (C=O) groups excluding carboxylic acids is 2. The predicted octanol–water partition coefficient (Wildman–Crippen LogP) is 3.18. The number of hydrogen-bond acceptors (Lipinski definition) is 5. The molecule has 2 aromatic heterocycles. The second-order valence-electron chi connectivity index (χ2n) is 4.91. The number of hydrogen-bond donors (Lipinski definition) is 1. The van der Waals surface area contributed by atoms with E-state index in [-0.39, 0.29) is 11.0 Å². The van der Waals surface area contributed by atoms with Gasteiger partial charge in [-0.3, -0.25) is 4.79 Å². The Morgan fingerprint density at radius 2 is 2.05 bits per heavy atom. The van der Waals surface area contributed by atoms with Crippen molar-refractivity contribution in [2.75, 3.05) is 7.11 Å². The van der Waals surface area contributed by atoms with Gasteiger partial charge in [0.05, 0.1) is 28.6 Å². The second kappa shape index (κ2) is 6.79. The molecule has 6 heteroatoms. The molecular formula is C16H18N2O3S. The minimum Gasteiger partial charge on any atom is -0.465 e. The van der Waals surface area contributed by atoms with Crippen LogP contribution in [0.15, 0.2) is 29.4 Å². The highest BCUT2D eigenvalue weighted by Gasteiger charge is 2.26. The molecule has 0 aliphatic heterocycles. The fourth-order valence-corrected chi connectivity index (χ4v) is 3.13. The van der Waals surface area contributed by atoms with E-state index in [1.807, 2.05) is 25.1 Å². The van der Waals surface area contributed by atoms with Gasteiger partial charge in [-0.25, -0.2) is 9.78 Å². The summed E-state index contributed by atoms with van der Waals surface area (Å²) in [5.74, 6) is -0.498. The number of pyridine rings is 1. The number of ketones is 1. The lowest BCUT2D eigenvalue weighted by atomic mass is 10.1. The van der Waals surface area contributed by atoms with E-state index in [2.05, 4.69) is 9.97 Å². The molecule has 0 unspecified atom stereocenters.